The first-order valence-electron chi connectivity index (χ1n) is 9.31. The zero-order valence-corrected chi connectivity index (χ0v) is 15.2. The van der Waals surface area contributed by atoms with E-state index in [1.165, 1.54) is 4.90 Å². The first-order chi connectivity index (χ1) is 13.2. The molecule has 6 nitrogen and oxygen atoms in total. The second-order valence-corrected chi connectivity index (χ2v) is 6.87. The fourth-order valence-electron chi connectivity index (χ4n) is 3.77. The van der Waals surface area contributed by atoms with Gasteiger partial charge in [0.15, 0.2) is 6.10 Å². The van der Waals surface area contributed by atoms with Crippen LogP contribution in [0.4, 0.5) is 4.79 Å². The van der Waals surface area contributed by atoms with Crippen molar-refractivity contribution in [2.45, 2.75) is 11.8 Å². The second kappa shape index (κ2) is 7.68. The van der Waals surface area contributed by atoms with Gasteiger partial charge in [0.2, 0.25) is 5.72 Å². The lowest BCUT2D eigenvalue weighted by molar-refractivity contribution is -0.112. The fourth-order valence-corrected chi connectivity index (χ4v) is 3.77. The predicted molar refractivity (Wildman–Crippen MR) is 100.0 cm³/mol. The Morgan fingerprint density at radius 3 is 2.26 bits per heavy atom. The molecule has 1 N–H and O–H groups in total. The number of aliphatic hydroxyl groups is 1. The van der Waals surface area contributed by atoms with E-state index in [1.54, 1.807) is 0 Å². The molecule has 1 amide bonds. The molecule has 4 rings (SSSR count). The van der Waals surface area contributed by atoms with E-state index in [0.29, 0.717) is 31.9 Å². The quantitative estimate of drug-likeness (QED) is 0.878. The Bertz CT molecular complexity index is 764. The normalized spacial score (nSPS) is 26.2. The summed E-state index contributed by atoms with van der Waals surface area (Å²) in [5.74, 6) is 0. The minimum absolute atomic E-state index is 0.383. The molecule has 6 heteroatoms. The molecule has 2 aliphatic rings. The van der Waals surface area contributed by atoms with Crippen LogP contribution in [0, 0.1) is 0 Å². The number of hydrogen-bond acceptors (Lipinski definition) is 5. The van der Waals surface area contributed by atoms with Crippen molar-refractivity contribution >= 4 is 6.09 Å². The van der Waals surface area contributed by atoms with E-state index in [4.69, 9.17) is 9.47 Å². The topological polar surface area (TPSA) is 62.2 Å². The Morgan fingerprint density at radius 2 is 1.59 bits per heavy atom. The van der Waals surface area contributed by atoms with Crippen molar-refractivity contribution in [2.24, 2.45) is 0 Å². The summed E-state index contributed by atoms with van der Waals surface area (Å²) in [6.07, 6.45) is -1.28. The van der Waals surface area contributed by atoms with Gasteiger partial charge in [-0.2, -0.15) is 0 Å². The molecule has 2 atom stereocenters. The smallest absolute Gasteiger partial charge is 0.413 e. The zero-order chi connectivity index (χ0) is 18.7. The number of rotatable bonds is 5. The van der Waals surface area contributed by atoms with Crippen molar-refractivity contribution in [3.05, 3.63) is 71.8 Å². The molecule has 0 spiro atoms. The summed E-state index contributed by atoms with van der Waals surface area (Å²) in [7, 11) is 0. The second-order valence-electron chi connectivity index (χ2n) is 6.87. The van der Waals surface area contributed by atoms with Crippen molar-refractivity contribution in [1.29, 1.82) is 0 Å². The molecule has 0 aliphatic carbocycles. The van der Waals surface area contributed by atoms with Crippen LogP contribution in [-0.2, 0) is 15.2 Å². The van der Waals surface area contributed by atoms with Gasteiger partial charge in [0.05, 0.1) is 13.2 Å². The molecule has 0 radical (unpaired) electrons. The summed E-state index contributed by atoms with van der Waals surface area (Å²) in [5.41, 5.74) is -0.135. The highest BCUT2D eigenvalue weighted by Crippen LogP contribution is 2.46. The van der Waals surface area contributed by atoms with Gasteiger partial charge in [0.25, 0.3) is 0 Å². The Hall–Kier alpha value is -2.41. The number of amides is 1. The lowest BCUT2D eigenvalue weighted by Gasteiger charge is -2.36. The lowest BCUT2D eigenvalue weighted by Crippen LogP contribution is -2.49. The van der Waals surface area contributed by atoms with E-state index in [-0.39, 0.29) is 0 Å². The van der Waals surface area contributed by atoms with Crippen LogP contribution in [0.1, 0.15) is 17.2 Å². The highest BCUT2D eigenvalue weighted by molar-refractivity contribution is 5.72. The summed E-state index contributed by atoms with van der Waals surface area (Å²) in [6, 6.07) is 18.7. The number of morpholine rings is 1. The molecule has 2 heterocycles. The van der Waals surface area contributed by atoms with Gasteiger partial charge in [-0.05, 0) is 5.56 Å². The van der Waals surface area contributed by atoms with Crippen LogP contribution in [0.25, 0.3) is 0 Å². The van der Waals surface area contributed by atoms with Gasteiger partial charge in [-0.25, -0.2) is 4.79 Å². The number of benzene rings is 2. The summed E-state index contributed by atoms with van der Waals surface area (Å²) in [4.78, 5) is 16.4. The Morgan fingerprint density at radius 1 is 0.963 bits per heavy atom. The molecule has 2 fully saturated rings. The van der Waals surface area contributed by atoms with Gasteiger partial charge < -0.3 is 14.6 Å². The van der Waals surface area contributed by atoms with Crippen LogP contribution >= 0.6 is 0 Å². The zero-order valence-electron chi connectivity index (χ0n) is 15.2. The number of carbonyl (C=O) groups is 1. The first kappa shape index (κ1) is 18.0. The summed E-state index contributed by atoms with van der Waals surface area (Å²) < 4.78 is 11.0. The van der Waals surface area contributed by atoms with Crippen LogP contribution in [0.3, 0.4) is 0 Å². The third kappa shape index (κ3) is 3.43. The average Bonchev–Trinajstić information content (AvgIpc) is 2.99. The molecule has 2 saturated heterocycles. The van der Waals surface area contributed by atoms with Crippen LogP contribution in [0.2, 0.25) is 0 Å². The molecular formula is C21H24N2O4. The first-order valence-corrected chi connectivity index (χ1v) is 9.31. The van der Waals surface area contributed by atoms with Gasteiger partial charge in [-0.3, -0.25) is 9.80 Å². The van der Waals surface area contributed by atoms with Crippen molar-refractivity contribution in [1.82, 2.24) is 9.80 Å². The van der Waals surface area contributed by atoms with Crippen molar-refractivity contribution in [2.75, 3.05) is 39.4 Å². The monoisotopic (exact) mass is 368 g/mol. The minimum Gasteiger partial charge on any atom is -0.436 e. The molecule has 0 aromatic heterocycles. The van der Waals surface area contributed by atoms with Crippen molar-refractivity contribution in [3.63, 3.8) is 0 Å². The lowest BCUT2D eigenvalue weighted by atomic mass is 9.91. The van der Waals surface area contributed by atoms with Gasteiger partial charge in [0.1, 0.15) is 0 Å². The molecule has 0 saturated carbocycles. The molecule has 2 aromatic carbocycles. The number of hydrogen-bond donors (Lipinski definition) is 1. The van der Waals surface area contributed by atoms with E-state index >= 15 is 0 Å². The largest absolute Gasteiger partial charge is 0.436 e. The van der Waals surface area contributed by atoms with E-state index in [1.807, 2.05) is 60.7 Å². The minimum atomic E-state index is -1.55. The molecule has 142 valence electrons. The third-order valence-corrected chi connectivity index (χ3v) is 5.26. The maximum Gasteiger partial charge on any atom is 0.413 e. The van der Waals surface area contributed by atoms with E-state index in [9.17, 15) is 9.90 Å². The number of cyclic esters (lactones) is 1. The SMILES string of the molecule is O=C1O[C@@H](c2ccccc2)[C@](O)(c2ccccc2)N1CCN1CCOCC1. The third-order valence-electron chi connectivity index (χ3n) is 5.26. The number of carbonyl (C=O) groups excluding carboxylic acids is 1. The summed E-state index contributed by atoms with van der Waals surface area (Å²) in [6.45, 7) is 4.09. The maximum atomic E-state index is 12.7. The van der Waals surface area contributed by atoms with Crippen molar-refractivity contribution < 1.29 is 19.4 Å². The average molecular weight is 368 g/mol. The van der Waals surface area contributed by atoms with Gasteiger partial charge in [0, 0.05) is 31.7 Å². The molecule has 2 aromatic rings. The molecule has 0 bridgehead atoms. The van der Waals surface area contributed by atoms with Crippen LogP contribution < -0.4 is 0 Å². The fraction of sp³-hybridized carbons (Fsp3) is 0.381. The Labute approximate surface area is 158 Å². The number of nitrogens with zero attached hydrogens (tertiary/aromatic N) is 2. The molecular weight excluding hydrogens is 344 g/mol. The van der Waals surface area contributed by atoms with Crippen molar-refractivity contribution in [3.8, 4) is 0 Å². The van der Waals surface area contributed by atoms with E-state index in [0.717, 1.165) is 18.7 Å². The molecule has 2 aliphatic heterocycles. The highest BCUT2D eigenvalue weighted by atomic mass is 16.6. The highest BCUT2D eigenvalue weighted by Gasteiger charge is 2.55. The van der Waals surface area contributed by atoms with Crippen LogP contribution in [0.5, 0.6) is 0 Å². The molecule has 27 heavy (non-hydrogen) atoms. The maximum absolute atomic E-state index is 12.7. The Kier molecular flexibility index (Phi) is 5.11. The standard InChI is InChI=1S/C21H24N2O4/c24-20-23(12-11-22-13-15-26-16-14-22)21(25,18-9-5-2-6-10-18)19(27-20)17-7-3-1-4-8-17/h1-10,19,25H,11-16H2/t19-,21+/m0/s1. The number of ether oxygens (including phenoxy) is 2. The van der Waals surface area contributed by atoms with E-state index in [2.05, 4.69) is 4.90 Å². The summed E-state index contributed by atoms with van der Waals surface area (Å²) in [5, 5.41) is 11.8. The summed E-state index contributed by atoms with van der Waals surface area (Å²) >= 11 is 0. The van der Waals surface area contributed by atoms with Gasteiger partial charge in [-0.15, -0.1) is 0 Å². The van der Waals surface area contributed by atoms with Crippen LogP contribution in [0.15, 0.2) is 60.7 Å². The predicted octanol–water partition coefficient (Wildman–Crippen LogP) is 2.36. The van der Waals surface area contributed by atoms with Crippen LogP contribution in [-0.4, -0.2) is 60.4 Å². The molecule has 0 unspecified atom stereocenters. The Balaban J connectivity index is 1.65. The van der Waals surface area contributed by atoms with Gasteiger partial charge >= 0.3 is 6.09 Å². The van der Waals surface area contributed by atoms with Gasteiger partial charge in [-0.1, -0.05) is 60.7 Å². The van der Waals surface area contributed by atoms with E-state index < -0.39 is 17.9 Å².